The first-order chi connectivity index (χ1) is 12.0. The van der Waals surface area contributed by atoms with Gasteiger partial charge in [0, 0.05) is 55.5 Å². The molecule has 1 amide bonds. The Morgan fingerprint density at radius 2 is 1.92 bits per heavy atom. The largest absolute Gasteiger partial charge is 0.396 e. The summed E-state index contributed by atoms with van der Waals surface area (Å²) in [6.45, 7) is 10.7. The molecule has 2 saturated heterocycles. The minimum absolute atomic E-state index is 0.112. The summed E-state index contributed by atoms with van der Waals surface area (Å²) < 4.78 is 5.81. The number of carbonyl (C=O) groups excluding carboxylic acids is 1. The monoisotopic (exact) mass is 366 g/mol. The molecule has 0 spiro atoms. The molecule has 3 heterocycles. The quantitative estimate of drug-likeness (QED) is 0.867. The van der Waals surface area contributed by atoms with Crippen molar-refractivity contribution in [2.45, 2.75) is 39.4 Å². The smallest absolute Gasteiger partial charge is 0.254 e. The van der Waals surface area contributed by atoms with Crippen molar-refractivity contribution in [3.05, 3.63) is 21.9 Å². The molecule has 2 aliphatic rings. The lowest BCUT2D eigenvalue weighted by Gasteiger charge is -2.37. The summed E-state index contributed by atoms with van der Waals surface area (Å²) in [5.74, 6) is 0.609. The summed E-state index contributed by atoms with van der Waals surface area (Å²) in [7, 11) is 0. The van der Waals surface area contributed by atoms with Crippen molar-refractivity contribution in [1.82, 2.24) is 9.80 Å². The van der Waals surface area contributed by atoms with Gasteiger partial charge in [0.2, 0.25) is 0 Å². The molecule has 0 aliphatic carbocycles. The van der Waals surface area contributed by atoms with E-state index >= 15 is 0 Å². The highest BCUT2D eigenvalue weighted by Crippen LogP contribution is 2.28. The molecule has 140 valence electrons. The van der Waals surface area contributed by atoms with E-state index in [-0.39, 0.29) is 30.6 Å². The van der Waals surface area contributed by atoms with Gasteiger partial charge in [0.1, 0.15) is 0 Å². The number of aliphatic hydroxyl groups excluding tert-OH is 1. The van der Waals surface area contributed by atoms with Crippen molar-refractivity contribution in [2.75, 3.05) is 39.3 Å². The third-order valence-electron chi connectivity index (χ3n) is 5.34. The lowest BCUT2D eigenvalue weighted by atomic mass is 9.96. The molecule has 6 heteroatoms. The summed E-state index contributed by atoms with van der Waals surface area (Å²) in [5.41, 5.74) is 0.799. The predicted molar refractivity (Wildman–Crippen MR) is 100 cm³/mol. The summed E-state index contributed by atoms with van der Waals surface area (Å²) in [6, 6.07) is 2.01. The Balaban J connectivity index is 1.62. The number of morpholine rings is 1. The summed E-state index contributed by atoms with van der Waals surface area (Å²) in [6.07, 6.45) is 1.45. The van der Waals surface area contributed by atoms with Gasteiger partial charge in [-0.1, -0.05) is 6.92 Å². The first-order valence-electron chi connectivity index (χ1n) is 9.35. The second-order valence-electron chi connectivity index (χ2n) is 7.54. The Morgan fingerprint density at radius 1 is 1.24 bits per heavy atom. The number of ether oxygens (including phenoxy) is 1. The predicted octanol–water partition coefficient (Wildman–Crippen LogP) is 2.10. The van der Waals surface area contributed by atoms with Gasteiger partial charge in [0.25, 0.3) is 5.91 Å². The van der Waals surface area contributed by atoms with Gasteiger partial charge in [-0.2, -0.15) is 0 Å². The standard InChI is InChI=1S/C19H30N2O3S/c1-4-18-5-15(12-25-18)19(23)21-9-16(17(10-21)11-22)8-20-6-13(2)24-14(3)7-20/h5,12-14,16-17,22H,4,6-11H2,1-3H3. The Labute approximate surface area is 154 Å². The van der Waals surface area contributed by atoms with Crippen LogP contribution in [0.1, 0.15) is 36.0 Å². The van der Waals surface area contributed by atoms with E-state index in [1.54, 1.807) is 11.3 Å². The topological polar surface area (TPSA) is 53.0 Å². The molecular formula is C19H30N2O3S. The van der Waals surface area contributed by atoms with E-state index in [0.29, 0.717) is 12.5 Å². The molecule has 2 fully saturated rings. The average Bonchev–Trinajstić information content (AvgIpc) is 3.19. The van der Waals surface area contributed by atoms with Gasteiger partial charge >= 0.3 is 0 Å². The van der Waals surface area contributed by atoms with E-state index in [0.717, 1.165) is 38.2 Å². The van der Waals surface area contributed by atoms with Gasteiger partial charge < -0.3 is 14.7 Å². The van der Waals surface area contributed by atoms with Crippen LogP contribution in [0.25, 0.3) is 0 Å². The van der Waals surface area contributed by atoms with Gasteiger partial charge in [-0.15, -0.1) is 11.3 Å². The fraction of sp³-hybridized carbons (Fsp3) is 0.737. The zero-order valence-corrected chi connectivity index (χ0v) is 16.3. The molecule has 5 nitrogen and oxygen atoms in total. The maximum Gasteiger partial charge on any atom is 0.254 e. The minimum atomic E-state index is 0.112. The number of thiophene rings is 1. The van der Waals surface area contributed by atoms with Crippen LogP contribution in [0.15, 0.2) is 11.4 Å². The summed E-state index contributed by atoms with van der Waals surface area (Å²) in [5, 5.41) is 11.8. The molecule has 3 rings (SSSR count). The van der Waals surface area contributed by atoms with Crippen LogP contribution in [0.2, 0.25) is 0 Å². The van der Waals surface area contributed by atoms with Crippen LogP contribution < -0.4 is 0 Å². The maximum atomic E-state index is 12.8. The molecule has 1 N–H and O–H groups in total. The average molecular weight is 367 g/mol. The molecular weight excluding hydrogens is 336 g/mol. The minimum Gasteiger partial charge on any atom is -0.396 e. The number of hydrogen-bond donors (Lipinski definition) is 1. The van der Waals surface area contributed by atoms with E-state index in [4.69, 9.17) is 4.74 Å². The highest BCUT2D eigenvalue weighted by atomic mass is 32.1. The molecule has 0 bridgehead atoms. The molecule has 4 atom stereocenters. The number of rotatable bonds is 5. The Hall–Kier alpha value is -0.950. The van der Waals surface area contributed by atoms with E-state index in [9.17, 15) is 9.90 Å². The lowest BCUT2D eigenvalue weighted by molar-refractivity contribution is -0.0726. The number of nitrogens with zero attached hydrogens (tertiary/aromatic N) is 2. The van der Waals surface area contributed by atoms with Crippen LogP contribution in [0.4, 0.5) is 0 Å². The SMILES string of the molecule is CCc1cc(C(=O)N2CC(CO)C(CN3CC(C)OC(C)C3)C2)cs1. The summed E-state index contributed by atoms with van der Waals surface area (Å²) >= 11 is 1.65. The molecule has 0 saturated carbocycles. The first-order valence-corrected chi connectivity index (χ1v) is 10.2. The van der Waals surface area contributed by atoms with E-state index < -0.39 is 0 Å². The molecule has 25 heavy (non-hydrogen) atoms. The summed E-state index contributed by atoms with van der Waals surface area (Å²) in [4.78, 5) is 18.4. The zero-order chi connectivity index (χ0) is 18.0. The van der Waals surface area contributed by atoms with E-state index in [1.807, 2.05) is 16.3 Å². The zero-order valence-electron chi connectivity index (χ0n) is 15.5. The van der Waals surface area contributed by atoms with Crippen molar-refractivity contribution >= 4 is 17.2 Å². The van der Waals surface area contributed by atoms with Gasteiger partial charge in [0.15, 0.2) is 0 Å². The molecule has 0 radical (unpaired) electrons. The van der Waals surface area contributed by atoms with Gasteiger partial charge in [0.05, 0.1) is 17.8 Å². The third-order valence-corrected chi connectivity index (χ3v) is 6.42. The highest BCUT2D eigenvalue weighted by Gasteiger charge is 2.37. The number of hydrogen-bond acceptors (Lipinski definition) is 5. The number of aliphatic hydroxyl groups is 1. The van der Waals surface area contributed by atoms with Crippen molar-refractivity contribution in [3.8, 4) is 0 Å². The van der Waals surface area contributed by atoms with Gasteiger partial charge in [-0.05, 0) is 32.3 Å². The number of aryl methyl sites for hydroxylation is 1. The van der Waals surface area contributed by atoms with Crippen LogP contribution in [0, 0.1) is 11.8 Å². The normalized spacial score (nSPS) is 30.8. The fourth-order valence-electron chi connectivity index (χ4n) is 4.14. The van der Waals surface area contributed by atoms with E-state index in [1.165, 1.54) is 4.88 Å². The van der Waals surface area contributed by atoms with Crippen molar-refractivity contribution < 1.29 is 14.6 Å². The molecule has 2 aliphatic heterocycles. The van der Waals surface area contributed by atoms with Gasteiger partial charge in [-0.3, -0.25) is 9.69 Å². The van der Waals surface area contributed by atoms with Crippen LogP contribution >= 0.6 is 11.3 Å². The van der Waals surface area contributed by atoms with Crippen LogP contribution in [-0.2, 0) is 11.2 Å². The second-order valence-corrected chi connectivity index (χ2v) is 8.54. The fourth-order valence-corrected chi connectivity index (χ4v) is 4.95. The molecule has 1 aromatic rings. The van der Waals surface area contributed by atoms with Crippen LogP contribution in [-0.4, -0.2) is 72.4 Å². The van der Waals surface area contributed by atoms with E-state index in [2.05, 4.69) is 25.7 Å². The number of likely N-dealkylation sites (tertiary alicyclic amines) is 1. The van der Waals surface area contributed by atoms with Crippen molar-refractivity contribution in [2.24, 2.45) is 11.8 Å². The molecule has 0 aromatic carbocycles. The lowest BCUT2D eigenvalue weighted by Crippen LogP contribution is -2.48. The van der Waals surface area contributed by atoms with Crippen molar-refractivity contribution in [1.29, 1.82) is 0 Å². The second kappa shape index (κ2) is 8.16. The molecule has 4 unspecified atom stereocenters. The first kappa shape index (κ1) is 18.8. The van der Waals surface area contributed by atoms with Crippen LogP contribution in [0.5, 0.6) is 0 Å². The molecule has 1 aromatic heterocycles. The Morgan fingerprint density at radius 3 is 2.52 bits per heavy atom. The number of amides is 1. The maximum absolute atomic E-state index is 12.8. The highest BCUT2D eigenvalue weighted by molar-refractivity contribution is 7.10. The Bertz CT molecular complexity index is 581. The van der Waals surface area contributed by atoms with Crippen LogP contribution in [0.3, 0.4) is 0 Å². The van der Waals surface area contributed by atoms with Crippen molar-refractivity contribution in [3.63, 3.8) is 0 Å². The Kier molecular flexibility index (Phi) is 6.15. The number of carbonyl (C=O) groups is 1. The third kappa shape index (κ3) is 4.42. The van der Waals surface area contributed by atoms with Gasteiger partial charge in [-0.25, -0.2) is 0 Å².